The molecule has 170 valence electrons. The average Bonchev–Trinajstić information content (AvgIpc) is 2.70. The van der Waals surface area contributed by atoms with Gasteiger partial charge in [0.1, 0.15) is 17.1 Å². The molecule has 0 saturated carbocycles. The second-order valence-electron chi connectivity index (χ2n) is 8.13. The number of amides is 1. The van der Waals surface area contributed by atoms with Crippen molar-refractivity contribution in [1.29, 1.82) is 0 Å². The van der Waals surface area contributed by atoms with E-state index in [1.807, 2.05) is 51.1 Å². The van der Waals surface area contributed by atoms with E-state index < -0.39 is 21.7 Å². The van der Waals surface area contributed by atoms with Crippen LogP contribution in [-0.2, 0) is 14.8 Å². The van der Waals surface area contributed by atoms with Gasteiger partial charge < -0.3 is 14.8 Å². The van der Waals surface area contributed by atoms with Crippen LogP contribution in [0.3, 0.4) is 0 Å². The summed E-state index contributed by atoms with van der Waals surface area (Å²) < 4.78 is 38.3. The first-order valence-corrected chi connectivity index (χ1v) is 11.9. The van der Waals surface area contributed by atoms with E-state index in [-0.39, 0.29) is 4.90 Å². The minimum Gasteiger partial charge on any atom is -0.457 e. The Morgan fingerprint density at radius 1 is 0.839 bits per heavy atom. The van der Waals surface area contributed by atoms with Crippen LogP contribution in [0, 0.1) is 0 Å². The van der Waals surface area contributed by atoms with Gasteiger partial charge in [0.25, 0.3) is 0 Å². The van der Waals surface area contributed by atoms with Crippen molar-refractivity contribution >= 4 is 16.1 Å². The van der Waals surface area contributed by atoms with Gasteiger partial charge >= 0.3 is 6.09 Å². The van der Waals surface area contributed by atoms with E-state index in [1.54, 1.807) is 12.1 Å². The van der Waals surface area contributed by atoms with Crippen molar-refractivity contribution in [2.45, 2.75) is 57.0 Å². The van der Waals surface area contributed by atoms with Gasteiger partial charge in [-0.25, -0.2) is 17.9 Å². The Labute approximate surface area is 185 Å². The predicted molar refractivity (Wildman–Crippen MR) is 121 cm³/mol. The molecule has 0 bridgehead atoms. The Morgan fingerprint density at radius 2 is 1.42 bits per heavy atom. The van der Waals surface area contributed by atoms with E-state index >= 15 is 0 Å². The molecule has 2 N–H and O–H groups in total. The summed E-state index contributed by atoms with van der Waals surface area (Å²) >= 11 is 0. The van der Waals surface area contributed by atoms with Crippen molar-refractivity contribution in [3.63, 3.8) is 0 Å². The number of rotatable bonds is 11. The zero-order chi connectivity index (χ0) is 22.7. The van der Waals surface area contributed by atoms with Crippen molar-refractivity contribution in [3.05, 3.63) is 54.6 Å². The predicted octanol–water partition coefficient (Wildman–Crippen LogP) is 4.84. The van der Waals surface area contributed by atoms with E-state index in [2.05, 4.69) is 10.0 Å². The summed E-state index contributed by atoms with van der Waals surface area (Å²) in [4.78, 5) is 11.7. The van der Waals surface area contributed by atoms with Crippen LogP contribution in [0.5, 0.6) is 11.5 Å². The highest BCUT2D eigenvalue weighted by molar-refractivity contribution is 7.89. The number of unbranched alkanes of at least 4 members (excludes halogenated alkanes) is 3. The fourth-order valence-electron chi connectivity index (χ4n) is 2.71. The van der Waals surface area contributed by atoms with Crippen LogP contribution >= 0.6 is 0 Å². The Hall–Kier alpha value is -2.58. The zero-order valence-corrected chi connectivity index (χ0v) is 19.2. The number of hydrogen-bond acceptors (Lipinski definition) is 5. The number of nitrogens with one attached hydrogen (secondary N) is 2. The molecule has 31 heavy (non-hydrogen) atoms. The SMILES string of the molecule is CC(C)(C)OC(=O)NCCCCCCNS(=O)(=O)c1ccc(Oc2ccccc2)cc1. The molecular weight excluding hydrogens is 416 g/mol. The highest BCUT2D eigenvalue weighted by atomic mass is 32.2. The monoisotopic (exact) mass is 448 g/mol. The maximum absolute atomic E-state index is 12.4. The van der Waals surface area contributed by atoms with Crippen molar-refractivity contribution in [2.24, 2.45) is 0 Å². The van der Waals surface area contributed by atoms with Gasteiger partial charge in [-0.15, -0.1) is 0 Å². The van der Waals surface area contributed by atoms with Gasteiger partial charge in [0.05, 0.1) is 4.90 Å². The molecule has 7 nitrogen and oxygen atoms in total. The Kier molecular flexibility index (Phi) is 9.33. The number of ether oxygens (including phenoxy) is 2. The van der Waals surface area contributed by atoms with E-state index in [0.717, 1.165) is 25.7 Å². The third-order valence-corrected chi connectivity index (χ3v) is 5.65. The smallest absolute Gasteiger partial charge is 0.407 e. The second-order valence-corrected chi connectivity index (χ2v) is 9.89. The highest BCUT2D eigenvalue weighted by Gasteiger charge is 2.15. The normalized spacial score (nSPS) is 11.7. The lowest BCUT2D eigenvalue weighted by Crippen LogP contribution is -2.33. The molecule has 0 unspecified atom stereocenters. The number of para-hydroxylation sites is 1. The molecule has 0 aromatic heterocycles. The maximum Gasteiger partial charge on any atom is 0.407 e. The number of carbonyl (C=O) groups is 1. The van der Waals surface area contributed by atoms with Crippen LogP contribution < -0.4 is 14.8 Å². The summed E-state index contributed by atoms with van der Waals surface area (Å²) in [6, 6.07) is 15.6. The summed E-state index contributed by atoms with van der Waals surface area (Å²) in [5, 5.41) is 2.71. The van der Waals surface area contributed by atoms with Crippen LogP contribution in [0.2, 0.25) is 0 Å². The standard InChI is InChI=1S/C23H32N2O5S/c1-23(2,3)30-22(26)24-17-9-4-5-10-18-25-31(27,28)21-15-13-20(14-16-21)29-19-11-7-6-8-12-19/h6-8,11-16,25H,4-5,9-10,17-18H2,1-3H3,(H,24,26). The third-order valence-electron chi connectivity index (χ3n) is 4.18. The number of carbonyl (C=O) groups excluding carboxylic acids is 1. The molecule has 1 amide bonds. The van der Waals surface area contributed by atoms with Crippen LogP contribution in [0.4, 0.5) is 4.79 Å². The summed E-state index contributed by atoms with van der Waals surface area (Å²) in [5.74, 6) is 1.27. The first-order valence-electron chi connectivity index (χ1n) is 10.5. The van der Waals surface area contributed by atoms with E-state index in [1.165, 1.54) is 12.1 Å². The van der Waals surface area contributed by atoms with Gasteiger partial charge in [0.2, 0.25) is 10.0 Å². The molecule has 0 aliphatic rings. The molecule has 2 aromatic rings. The molecule has 0 aliphatic carbocycles. The average molecular weight is 449 g/mol. The fraction of sp³-hybridized carbons (Fsp3) is 0.435. The van der Waals surface area contributed by atoms with Gasteiger partial charge in [-0.05, 0) is 70.0 Å². The molecule has 0 aliphatic heterocycles. The molecule has 2 rings (SSSR count). The lowest BCUT2D eigenvalue weighted by atomic mass is 10.2. The van der Waals surface area contributed by atoms with E-state index in [9.17, 15) is 13.2 Å². The molecule has 0 spiro atoms. The number of hydrogen-bond donors (Lipinski definition) is 2. The highest BCUT2D eigenvalue weighted by Crippen LogP contribution is 2.22. The molecule has 0 atom stereocenters. The van der Waals surface area contributed by atoms with Crippen LogP contribution in [0.25, 0.3) is 0 Å². The third kappa shape index (κ3) is 9.85. The topological polar surface area (TPSA) is 93.7 Å². The molecular formula is C23H32N2O5S. The number of benzene rings is 2. The molecule has 2 aromatic carbocycles. The van der Waals surface area contributed by atoms with E-state index in [0.29, 0.717) is 24.6 Å². The Morgan fingerprint density at radius 3 is 2.03 bits per heavy atom. The molecule has 0 radical (unpaired) electrons. The largest absolute Gasteiger partial charge is 0.457 e. The van der Waals surface area contributed by atoms with Gasteiger partial charge in [-0.2, -0.15) is 0 Å². The van der Waals surface area contributed by atoms with Crippen molar-refractivity contribution in [3.8, 4) is 11.5 Å². The van der Waals surface area contributed by atoms with Crippen LogP contribution in [-0.4, -0.2) is 33.2 Å². The summed E-state index contributed by atoms with van der Waals surface area (Å²) in [7, 11) is -3.56. The van der Waals surface area contributed by atoms with Gasteiger partial charge in [-0.3, -0.25) is 0 Å². The maximum atomic E-state index is 12.4. The summed E-state index contributed by atoms with van der Waals surface area (Å²) in [6.45, 7) is 6.36. The lowest BCUT2D eigenvalue weighted by molar-refractivity contribution is 0.0527. The minimum atomic E-state index is -3.56. The van der Waals surface area contributed by atoms with Gasteiger partial charge in [0, 0.05) is 13.1 Å². The summed E-state index contributed by atoms with van der Waals surface area (Å²) in [5.41, 5.74) is -0.503. The number of alkyl carbamates (subject to hydrolysis) is 1. The summed E-state index contributed by atoms with van der Waals surface area (Å²) in [6.07, 6.45) is 2.88. The molecule has 0 fully saturated rings. The first-order chi connectivity index (χ1) is 14.7. The number of sulfonamides is 1. The molecule has 8 heteroatoms. The van der Waals surface area contributed by atoms with Crippen LogP contribution in [0.15, 0.2) is 59.5 Å². The second kappa shape index (κ2) is 11.7. The van der Waals surface area contributed by atoms with E-state index in [4.69, 9.17) is 9.47 Å². The van der Waals surface area contributed by atoms with Gasteiger partial charge in [-0.1, -0.05) is 31.0 Å². The zero-order valence-electron chi connectivity index (χ0n) is 18.4. The van der Waals surface area contributed by atoms with Crippen LogP contribution in [0.1, 0.15) is 46.5 Å². The first kappa shape index (κ1) is 24.7. The molecule has 0 saturated heterocycles. The lowest BCUT2D eigenvalue weighted by Gasteiger charge is -2.19. The minimum absolute atomic E-state index is 0.203. The fourth-order valence-corrected chi connectivity index (χ4v) is 3.78. The molecule has 0 heterocycles. The van der Waals surface area contributed by atoms with Crippen molar-refractivity contribution in [1.82, 2.24) is 10.0 Å². The Balaban J connectivity index is 1.64. The van der Waals surface area contributed by atoms with Crippen molar-refractivity contribution < 1.29 is 22.7 Å². The quantitative estimate of drug-likeness (QED) is 0.480. The van der Waals surface area contributed by atoms with Gasteiger partial charge in [0.15, 0.2) is 0 Å². The Bertz CT molecular complexity index is 907. The van der Waals surface area contributed by atoms with Crippen molar-refractivity contribution in [2.75, 3.05) is 13.1 Å².